The summed E-state index contributed by atoms with van der Waals surface area (Å²) in [5, 5.41) is 11.3. The second kappa shape index (κ2) is 9.97. The van der Waals surface area contributed by atoms with Crippen molar-refractivity contribution in [2.75, 3.05) is 11.9 Å². The van der Waals surface area contributed by atoms with Crippen LogP contribution in [0.4, 0.5) is 36.4 Å². The fourth-order valence-electron chi connectivity index (χ4n) is 4.02. The van der Waals surface area contributed by atoms with Crippen molar-refractivity contribution >= 4 is 11.6 Å². The van der Waals surface area contributed by atoms with Crippen LogP contribution < -0.4 is 10.1 Å². The van der Waals surface area contributed by atoms with E-state index >= 15 is 0 Å². The molecule has 0 saturated carbocycles. The van der Waals surface area contributed by atoms with Crippen molar-refractivity contribution in [2.24, 2.45) is 5.92 Å². The van der Waals surface area contributed by atoms with Gasteiger partial charge in [-0.2, -0.15) is 26.3 Å². The largest absolute Gasteiger partial charge is 0.431 e. The van der Waals surface area contributed by atoms with E-state index in [2.05, 4.69) is 15.0 Å². The van der Waals surface area contributed by atoms with Crippen molar-refractivity contribution in [2.45, 2.75) is 50.7 Å². The van der Waals surface area contributed by atoms with Gasteiger partial charge in [0.15, 0.2) is 17.2 Å². The van der Waals surface area contributed by atoms with Crippen molar-refractivity contribution < 1.29 is 50.1 Å². The molecule has 1 aromatic carbocycles. The molecule has 35 heavy (non-hydrogen) atoms. The summed E-state index contributed by atoms with van der Waals surface area (Å²) >= 11 is 0. The Balaban J connectivity index is 2.05. The fraction of sp³-hybridized carbons (Fsp3) is 0.455. The molecule has 1 aliphatic rings. The molecule has 0 bridgehead atoms. The number of nitrogens with zero attached hydrogens (tertiary/aromatic N) is 1. The zero-order valence-corrected chi connectivity index (χ0v) is 18.4. The van der Waals surface area contributed by atoms with Crippen LogP contribution in [0.1, 0.15) is 31.0 Å². The second-order valence-electron chi connectivity index (χ2n) is 8.12. The van der Waals surface area contributed by atoms with Crippen LogP contribution in [-0.2, 0) is 16.0 Å². The molecule has 1 amide bonds. The smallest absolute Gasteiger partial charge is 0.417 e. The van der Waals surface area contributed by atoms with Crippen LogP contribution in [0, 0.1) is 17.6 Å². The number of nitrogens with one attached hydrogen (secondary N) is 1. The Kier molecular flexibility index (Phi) is 7.60. The summed E-state index contributed by atoms with van der Waals surface area (Å²) in [4.78, 5) is 17.0. The Labute approximate surface area is 195 Å². The van der Waals surface area contributed by atoms with Crippen LogP contribution in [0.15, 0.2) is 30.5 Å². The highest BCUT2D eigenvalue weighted by Gasteiger charge is 2.66. The van der Waals surface area contributed by atoms with E-state index in [1.807, 2.05) is 0 Å². The molecule has 3 rings (SSSR count). The Morgan fingerprint density at radius 2 is 1.94 bits per heavy atom. The van der Waals surface area contributed by atoms with Gasteiger partial charge in [0.25, 0.3) is 5.91 Å². The normalized spacial score (nSPS) is 24.6. The van der Waals surface area contributed by atoms with Crippen LogP contribution >= 0.6 is 0 Å². The van der Waals surface area contributed by atoms with Gasteiger partial charge in [0.1, 0.15) is 6.10 Å². The molecule has 2 aromatic rings. The molecule has 2 N–H and O–H groups in total. The molecule has 1 aromatic heterocycles. The van der Waals surface area contributed by atoms with Crippen molar-refractivity contribution in [3.8, 4) is 5.75 Å². The van der Waals surface area contributed by atoms with Crippen LogP contribution in [-0.4, -0.2) is 47.1 Å². The average molecular weight is 510 g/mol. The predicted molar refractivity (Wildman–Crippen MR) is 108 cm³/mol. The monoisotopic (exact) mass is 510 g/mol. The number of benzene rings is 1. The molecule has 1 aliphatic heterocycles. The number of alkyl halides is 5. The Morgan fingerprint density at radius 1 is 1.26 bits per heavy atom. The number of hydrogen-bond donors (Lipinski definition) is 2. The van der Waals surface area contributed by atoms with Crippen LogP contribution in [0.25, 0.3) is 0 Å². The van der Waals surface area contributed by atoms with E-state index < -0.39 is 65.2 Å². The molecule has 6 nitrogen and oxygen atoms in total. The molecule has 192 valence electrons. The highest BCUT2D eigenvalue weighted by atomic mass is 19.4. The molecule has 13 heteroatoms. The molecule has 2 heterocycles. The molecule has 1 fully saturated rings. The van der Waals surface area contributed by atoms with Gasteiger partial charge >= 0.3 is 12.8 Å². The van der Waals surface area contributed by atoms with Gasteiger partial charge in [0.05, 0.1) is 11.9 Å². The summed E-state index contributed by atoms with van der Waals surface area (Å²) in [5.41, 5.74) is -2.96. The number of rotatable bonds is 7. The fourth-order valence-corrected chi connectivity index (χ4v) is 4.02. The third kappa shape index (κ3) is 5.20. The number of halogens is 7. The number of amides is 1. The predicted octanol–water partition coefficient (Wildman–Crippen LogP) is 4.57. The number of pyridine rings is 1. The quantitative estimate of drug-likeness (QED) is 0.534. The van der Waals surface area contributed by atoms with Crippen molar-refractivity contribution in [1.82, 2.24) is 4.98 Å². The molecule has 1 saturated heterocycles. The Hall–Kier alpha value is -2.93. The summed E-state index contributed by atoms with van der Waals surface area (Å²) in [7, 11) is 0. The molecular formula is C22H21F7N2O4. The lowest BCUT2D eigenvalue weighted by Crippen LogP contribution is -2.47. The molecule has 0 spiro atoms. The van der Waals surface area contributed by atoms with Gasteiger partial charge in [-0.15, -0.1) is 0 Å². The second-order valence-corrected chi connectivity index (χ2v) is 8.12. The summed E-state index contributed by atoms with van der Waals surface area (Å²) in [6.07, 6.45) is -5.52. The van der Waals surface area contributed by atoms with E-state index in [1.165, 1.54) is 18.3 Å². The number of carbonyl (C=O) groups excluding carboxylic acids is 1. The highest BCUT2D eigenvalue weighted by molar-refractivity contribution is 5.95. The maximum atomic E-state index is 14.4. The maximum absolute atomic E-state index is 14.4. The summed E-state index contributed by atoms with van der Waals surface area (Å²) in [5.74, 6) is -9.05. The van der Waals surface area contributed by atoms with E-state index in [-0.39, 0.29) is 18.7 Å². The van der Waals surface area contributed by atoms with Crippen molar-refractivity contribution in [3.05, 3.63) is 53.4 Å². The van der Waals surface area contributed by atoms with Gasteiger partial charge < -0.3 is 19.9 Å². The summed E-state index contributed by atoms with van der Waals surface area (Å²) in [6.45, 7) is -2.06. The summed E-state index contributed by atoms with van der Waals surface area (Å²) in [6, 6.07) is 4.17. The third-order valence-electron chi connectivity index (χ3n) is 6.03. The lowest BCUT2D eigenvalue weighted by atomic mass is 9.77. The summed E-state index contributed by atoms with van der Waals surface area (Å²) < 4.78 is 105. The minimum atomic E-state index is -5.00. The number of hydrogen-bond acceptors (Lipinski definition) is 5. The number of ether oxygens (including phenoxy) is 2. The van der Waals surface area contributed by atoms with E-state index in [1.54, 1.807) is 0 Å². The molecule has 0 aliphatic carbocycles. The zero-order chi connectivity index (χ0) is 26.1. The average Bonchev–Trinajstić information content (AvgIpc) is 3.05. The van der Waals surface area contributed by atoms with E-state index in [0.29, 0.717) is 18.7 Å². The third-order valence-corrected chi connectivity index (χ3v) is 6.03. The lowest BCUT2D eigenvalue weighted by Gasteiger charge is -2.32. The highest BCUT2D eigenvalue weighted by Crippen LogP contribution is 2.55. The minimum Gasteiger partial charge on any atom is -0.431 e. The van der Waals surface area contributed by atoms with Crippen molar-refractivity contribution in [3.63, 3.8) is 0 Å². The van der Waals surface area contributed by atoms with Crippen LogP contribution in [0.5, 0.6) is 5.75 Å². The molecular weight excluding hydrogens is 489 g/mol. The molecule has 4 atom stereocenters. The Morgan fingerprint density at radius 3 is 2.49 bits per heavy atom. The van der Waals surface area contributed by atoms with Gasteiger partial charge in [-0.05, 0) is 25.1 Å². The number of anilines is 1. The SMILES string of the molecule is C[C@@H]1[C@H](c2ccc(F)c(F)c2OC(F)F)[C@@H](C(=O)Nc2ccc(CCO)nc2)O[C@]1(C)C(F)(F)F. The maximum Gasteiger partial charge on any atom is 0.417 e. The van der Waals surface area contributed by atoms with E-state index in [0.717, 1.165) is 13.0 Å². The Bertz CT molecular complexity index is 1070. The first kappa shape index (κ1) is 26.7. The van der Waals surface area contributed by atoms with Crippen molar-refractivity contribution in [1.29, 1.82) is 0 Å². The zero-order valence-electron chi connectivity index (χ0n) is 18.4. The first-order valence-corrected chi connectivity index (χ1v) is 10.3. The first-order valence-electron chi connectivity index (χ1n) is 10.3. The van der Waals surface area contributed by atoms with E-state index in [4.69, 9.17) is 9.84 Å². The van der Waals surface area contributed by atoms with Gasteiger partial charge in [-0.1, -0.05) is 13.0 Å². The lowest BCUT2D eigenvalue weighted by molar-refractivity contribution is -0.272. The molecule has 0 unspecified atom stereocenters. The number of carbonyl (C=O) groups is 1. The first-order chi connectivity index (χ1) is 16.3. The minimum absolute atomic E-state index is 0.0710. The van der Waals surface area contributed by atoms with Gasteiger partial charge in [-0.3, -0.25) is 9.78 Å². The van der Waals surface area contributed by atoms with Crippen LogP contribution in [0.3, 0.4) is 0 Å². The van der Waals surface area contributed by atoms with Crippen LogP contribution in [0.2, 0.25) is 0 Å². The standard InChI is InChI=1S/C22H21F7N2O4/c1-10-15(13-5-6-14(23)16(24)17(13)34-20(25)26)18(35-21(10,2)22(27,28)29)19(33)31-12-4-3-11(7-8-32)30-9-12/h3-6,9-10,15,18,20,32H,7-8H2,1-2H3,(H,31,33)/t10-,15-,18+,21+/m1/s1. The van der Waals surface area contributed by atoms with E-state index in [9.17, 15) is 35.5 Å². The van der Waals surface area contributed by atoms with Gasteiger partial charge in [0.2, 0.25) is 5.82 Å². The number of aliphatic hydroxyl groups excluding tert-OH is 1. The molecule has 0 radical (unpaired) electrons. The van der Waals surface area contributed by atoms with Gasteiger partial charge in [-0.25, -0.2) is 4.39 Å². The topological polar surface area (TPSA) is 80.7 Å². The van der Waals surface area contributed by atoms with Gasteiger partial charge in [0, 0.05) is 36.1 Å². The number of aromatic nitrogens is 1. The number of aliphatic hydroxyl groups is 1.